The lowest BCUT2D eigenvalue weighted by Gasteiger charge is -2.22. The molecule has 2 rings (SSSR count). The number of carbonyl (C=O) groups is 1. The summed E-state index contributed by atoms with van der Waals surface area (Å²) in [4.78, 5) is 12.3. The van der Waals surface area contributed by atoms with E-state index in [1.54, 1.807) is 0 Å². The highest BCUT2D eigenvalue weighted by Crippen LogP contribution is 2.27. The van der Waals surface area contributed by atoms with Crippen LogP contribution in [0.2, 0.25) is 10.0 Å². The van der Waals surface area contributed by atoms with E-state index in [0.717, 1.165) is 16.3 Å². The molecule has 1 amide bonds. The average molecular weight is 457 g/mol. The first-order valence-corrected chi connectivity index (χ1v) is 11.7. The lowest BCUT2D eigenvalue weighted by Crippen LogP contribution is -2.42. The van der Waals surface area contributed by atoms with E-state index in [2.05, 4.69) is 19.2 Å². The Labute approximate surface area is 183 Å². The van der Waals surface area contributed by atoms with Crippen LogP contribution in [-0.4, -0.2) is 38.3 Å². The van der Waals surface area contributed by atoms with Crippen molar-refractivity contribution in [3.8, 4) is 0 Å². The molecule has 0 radical (unpaired) electrons. The van der Waals surface area contributed by atoms with Gasteiger partial charge >= 0.3 is 0 Å². The van der Waals surface area contributed by atoms with Crippen molar-refractivity contribution >= 4 is 39.1 Å². The Morgan fingerprint density at radius 1 is 1.10 bits per heavy atom. The fourth-order valence-electron chi connectivity index (χ4n) is 2.71. The normalized spacial score (nSPS) is 11.8. The summed E-state index contributed by atoms with van der Waals surface area (Å²) >= 11 is 12.1. The molecule has 0 aliphatic carbocycles. The molecule has 0 unspecified atom stereocenters. The molecule has 0 aliphatic rings. The number of carbonyl (C=O) groups excluding carboxylic acids is 1. The molecule has 0 aliphatic heterocycles. The maximum atomic E-state index is 13.2. The standard InChI is InChI=1S/C21H26Cl2N2O3S/c1-16(2)10-12-24-21(26)15-25(13-11-17-6-4-3-5-7-17)29(27,28)20-14-18(22)8-9-19(20)23/h3-9,14,16H,10-13,15H2,1-2H3,(H,24,26). The Bertz CT molecular complexity index is 919. The van der Waals surface area contributed by atoms with Crippen LogP contribution < -0.4 is 5.32 Å². The van der Waals surface area contributed by atoms with Crippen molar-refractivity contribution in [2.24, 2.45) is 5.92 Å². The quantitative estimate of drug-likeness (QED) is 0.576. The zero-order chi connectivity index (χ0) is 21.4. The minimum atomic E-state index is -4.00. The van der Waals surface area contributed by atoms with Crippen LogP contribution in [-0.2, 0) is 21.2 Å². The molecule has 0 atom stereocenters. The third-order valence-corrected chi connectivity index (χ3v) is 6.93. The van der Waals surface area contributed by atoms with Gasteiger partial charge in [-0.3, -0.25) is 4.79 Å². The highest BCUT2D eigenvalue weighted by atomic mass is 35.5. The lowest BCUT2D eigenvalue weighted by atomic mass is 10.1. The number of nitrogens with zero attached hydrogens (tertiary/aromatic N) is 1. The fraction of sp³-hybridized carbons (Fsp3) is 0.381. The largest absolute Gasteiger partial charge is 0.355 e. The predicted molar refractivity (Wildman–Crippen MR) is 118 cm³/mol. The third kappa shape index (κ3) is 7.30. The number of hydrogen-bond donors (Lipinski definition) is 1. The van der Waals surface area contributed by atoms with Crippen LogP contribution in [0.1, 0.15) is 25.8 Å². The molecule has 158 valence electrons. The van der Waals surface area contributed by atoms with Crippen molar-refractivity contribution in [2.75, 3.05) is 19.6 Å². The summed E-state index contributed by atoms with van der Waals surface area (Å²) in [5.41, 5.74) is 0.977. The van der Waals surface area contributed by atoms with Crippen molar-refractivity contribution in [1.82, 2.24) is 9.62 Å². The van der Waals surface area contributed by atoms with Gasteiger partial charge in [0.05, 0.1) is 11.6 Å². The first kappa shape index (κ1) is 23.7. The van der Waals surface area contributed by atoms with Crippen molar-refractivity contribution in [1.29, 1.82) is 0 Å². The second-order valence-electron chi connectivity index (χ2n) is 7.18. The minimum absolute atomic E-state index is 0.0688. The minimum Gasteiger partial charge on any atom is -0.355 e. The molecule has 0 fully saturated rings. The zero-order valence-electron chi connectivity index (χ0n) is 16.6. The van der Waals surface area contributed by atoms with Crippen LogP contribution in [0.3, 0.4) is 0 Å². The number of sulfonamides is 1. The molecule has 29 heavy (non-hydrogen) atoms. The molecule has 2 aromatic carbocycles. The van der Waals surface area contributed by atoms with E-state index in [9.17, 15) is 13.2 Å². The molecule has 0 bridgehead atoms. The molecular formula is C21H26Cl2N2O3S. The maximum absolute atomic E-state index is 13.2. The molecule has 0 saturated carbocycles. The predicted octanol–water partition coefficient (Wildman–Crippen LogP) is 4.39. The second kappa shape index (κ2) is 11.0. The number of hydrogen-bond acceptors (Lipinski definition) is 3. The molecular weight excluding hydrogens is 431 g/mol. The Kier molecular flexibility index (Phi) is 8.96. The van der Waals surface area contributed by atoms with Crippen molar-refractivity contribution < 1.29 is 13.2 Å². The van der Waals surface area contributed by atoms with Crippen molar-refractivity contribution in [2.45, 2.75) is 31.6 Å². The zero-order valence-corrected chi connectivity index (χ0v) is 18.9. The summed E-state index contributed by atoms with van der Waals surface area (Å²) in [7, 11) is -4.00. The summed E-state index contributed by atoms with van der Waals surface area (Å²) in [5.74, 6) is 0.0962. The number of rotatable bonds is 10. The van der Waals surface area contributed by atoms with Gasteiger partial charge in [0, 0.05) is 18.1 Å². The third-order valence-electron chi connectivity index (χ3n) is 4.37. The van der Waals surface area contributed by atoms with E-state index >= 15 is 0 Å². The molecule has 5 nitrogen and oxygen atoms in total. The second-order valence-corrected chi connectivity index (χ2v) is 9.93. The van der Waals surface area contributed by atoms with E-state index < -0.39 is 10.0 Å². The van der Waals surface area contributed by atoms with Gasteiger partial charge in [0.15, 0.2) is 0 Å². The van der Waals surface area contributed by atoms with Crippen LogP contribution in [0.15, 0.2) is 53.4 Å². The van der Waals surface area contributed by atoms with Gasteiger partial charge < -0.3 is 5.32 Å². The Morgan fingerprint density at radius 3 is 2.45 bits per heavy atom. The summed E-state index contributed by atoms with van der Waals surface area (Å²) < 4.78 is 27.6. The topological polar surface area (TPSA) is 66.5 Å². The van der Waals surface area contributed by atoms with E-state index in [-0.39, 0.29) is 33.9 Å². The SMILES string of the molecule is CC(C)CCNC(=O)CN(CCc1ccccc1)S(=O)(=O)c1cc(Cl)ccc1Cl. The monoisotopic (exact) mass is 456 g/mol. The van der Waals surface area contributed by atoms with Crippen LogP contribution in [0.25, 0.3) is 0 Å². The van der Waals surface area contributed by atoms with Crippen molar-refractivity contribution in [3.63, 3.8) is 0 Å². The summed E-state index contributed by atoms with van der Waals surface area (Å²) in [6.07, 6.45) is 1.29. The van der Waals surface area contributed by atoms with Crippen molar-refractivity contribution in [3.05, 3.63) is 64.1 Å². The van der Waals surface area contributed by atoms with Crippen LogP contribution in [0, 0.1) is 5.92 Å². The van der Waals surface area contributed by atoms with Gasteiger partial charge in [0.2, 0.25) is 15.9 Å². The molecule has 1 N–H and O–H groups in total. The molecule has 2 aromatic rings. The van der Waals surface area contributed by atoms with E-state index in [1.165, 1.54) is 18.2 Å². The highest BCUT2D eigenvalue weighted by molar-refractivity contribution is 7.89. The van der Waals surface area contributed by atoms with Gasteiger partial charge in [0.1, 0.15) is 4.90 Å². The highest BCUT2D eigenvalue weighted by Gasteiger charge is 2.28. The fourth-order valence-corrected chi connectivity index (χ4v) is 4.85. The van der Waals surface area contributed by atoms with Gasteiger partial charge in [-0.25, -0.2) is 8.42 Å². The van der Waals surface area contributed by atoms with Crippen LogP contribution in [0.5, 0.6) is 0 Å². The van der Waals surface area contributed by atoms with Gasteiger partial charge in [0.25, 0.3) is 0 Å². The lowest BCUT2D eigenvalue weighted by molar-refractivity contribution is -0.121. The smallest absolute Gasteiger partial charge is 0.245 e. The first-order valence-electron chi connectivity index (χ1n) is 9.46. The molecule has 0 spiro atoms. The number of amides is 1. The van der Waals surface area contributed by atoms with Gasteiger partial charge in [-0.1, -0.05) is 67.4 Å². The summed E-state index contributed by atoms with van der Waals surface area (Å²) in [5, 5.41) is 3.12. The maximum Gasteiger partial charge on any atom is 0.245 e. The summed E-state index contributed by atoms with van der Waals surface area (Å²) in [6.45, 7) is 4.48. The molecule has 0 heterocycles. The van der Waals surface area contributed by atoms with E-state index in [4.69, 9.17) is 23.2 Å². The Hall–Kier alpha value is -1.60. The first-order chi connectivity index (χ1) is 13.7. The Balaban J connectivity index is 2.22. The van der Waals surface area contributed by atoms with E-state index in [0.29, 0.717) is 18.9 Å². The van der Waals surface area contributed by atoms with Gasteiger partial charge in [-0.05, 0) is 42.5 Å². The van der Waals surface area contributed by atoms with Crippen LogP contribution in [0.4, 0.5) is 0 Å². The Morgan fingerprint density at radius 2 is 1.79 bits per heavy atom. The average Bonchev–Trinajstić information content (AvgIpc) is 2.67. The van der Waals surface area contributed by atoms with E-state index in [1.807, 2.05) is 30.3 Å². The van der Waals surface area contributed by atoms with Gasteiger partial charge in [-0.2, -0.15) is 4.31 Å². The van der Waals surface area contributed by atoms with Gasteiger partial charge in [-0.15, -0.1) is 0 Å². The van der Waals surface area contributed by atoms with Crippen LogP contribution >= 0.6 is 23.2 Å². The summed E-state index contributed by atoms with van der Waals surface area (Å²) in [6, 6.07) is 13.8. The molecule has 8 heteroatoms. The number of nitrogens with one attached hydrogen (secondary N) is 1. The molecule has 0 aromatic heterocycles. The number of benzene rings is 2. The molecule has 0 saturated heterocycles. The number of halogens is 2.